The number of hydrogen-bond donors (Lipinski definition) is 2. The van der Waals surface area contributed by atoms with Crippen LogP contribution in [0.15, 0.2) is 54.6 Å². The Bertz CT molecular complexity index is 1020. The van der Waals surface area contributed by atoms with E-state index in [1.54, 1.807) is 18.4 Å². The molecule has 148 valence electrons. The molecule has 0 saturated heterocycles. The molecule has 1 aromatic heterocycles. The molecule has 0 unspecified atom stereocenters. The van der Waals surface area contributed by atoms with E-state index in [0.29, 0.717) is 16.1 Å². The van der Waals surface area contributed by atoms with Crippen LogP contribution in [0, 0.1) is 0 Å². The first-order valence-corrected chi connectivity index (χ1v) is 10.8. The van der Waals surface area contributed by atoms with Crippen molar-refractivity contribution >= 4 is 28.2 Å². The van der Waals surface area contributed by atoms with E-state index in [1.165, 1.54) is 10.4 Å². The van der Waals surface area contributed by atoms with Gasteiger partial charge in [0.2, 0.25) is 0 Å². The molecule has 5 heteroatoms. The van der Waals surface area contributed by atoms with Gasteiger partial charge in [0.15, 0.2) is 0 Å². The smallest absolute Gasteiger partial charge is 0.256 e. The number of benzene rings is 2. The van der Waals surface area contributed by atoms with Gasteiger partial charge >= 0.3 is 0 Å². The molecule has 0 radical (unpaired) electrons. The minimum Gasteiger partial charge on any atom is -0.355 e. The van der Waals surface area contributed by atoms with Crippen LogP contribution in [0.2, 0.25) is 0 Å². The monoisotopic (exact) mass is 404 g/mol. The van der Waals surface area contributed by atoms with Crippen molar-refractivity contribution in [1.82, 2.24) is 5.32 Å². The summed E-state index contributed by atoms with van der Waals surface area (Å²) in [6.45, 7) is 0. The highest BCUT2D eigenvalue weighted by Gasteiger charge is 2.26. The van der Waals surface area contributed by atoms with E-state index in [2.05, 4.69) is 22.8 Å². The van der Waals surface area contributed by atoms with Crippen LogP contribution in [-0.2, 0) is 19.3 Å². The molecule has 0 atom stereocenters. The van der Waals surface area contributed by atoms with Gasteiger partial charge in [0.05, 0.1) is 5.56 Å². The largest absolute Gasteiger partial charge is 0.355 e. The molecule has 2 aromatic carbocycles. The maximum Gasteiger partial charge on any atom is 0.256 e. The third-order valence-corrected chi connectivity index (χ3v) is 6.53. The second-order valence-electron chi connectivity index (χ2n) is 7.31. The van der Waals surface area contributed by atoms with Crippen LogP contribution < -0.4 is 10.6 Å². The summed E-state index contributed by atoms with van der Waals surface area (Å²) in [5, 5.41) is 6.37. The minimum absolute atomic E-state index is 0.127. The first-order valence-electron chi connectivity index (χ1n) is 9.96. The molecule has 29 heavy (non-hydrogen) atoms. The van der Waals surface area contributed by atoms with Crippen LogP contribution in [0.5, 0.6) is 0 Å². The molecule has 3 aromatic rings. The summed E-state index contributed by atoms with van der Waals surface area (Å²) in [5.74, 6) is -0.307. The number of nitrogens with one attached hydrogen (secondary N) is 2. The topological polar surface area (TPSA) is 58.2 Å². The van der Waals surface area contributed by atoms with Crippen molar-refractivity contribution in [2.75, 3.05) is 12.4 Å². The Morgan fingerprint density at radius 1 is 0.897 bits per heavy atom. The minimum atomic E-state index is -0.181. The Labute approximate surface area is 175 Å². The standard InChI is InChI=1S/C24H24N2O2S/c1-25-23(28)21-19-9-5-6-10-20(19)29-24(21)26-22(27)18-13-11-17(12-14-18)15-16-7-3-2-4-8-16/h2-4,7-8,11-14H,5-6,9-10,15H2,1H3,(H,25,28)(H,26,27). The summed E-state index contributed by atoms with van der Waals surface area (Å²) in [4.78, 5) is 26.5. The zero-order valence-electron chi connectivity index (χ0n) is 16.5. The SMILES string of the molecule is CNC(=O)c1c(NC(=O)c2ccc(Cc3ccccc3)cc2)sc2c1CCCC2. The van der Waals surface area contributed by atoms with Gasteiger partial charge in [-0.2, -0.15) is 0 Å². The van der Waals surface area contributed by atoms with Crippen LogP contribution >= 0.6 is 11.3 Å². The summed E-state index contributed by atoms with van der Waals surface area (Å²) in [7, 11) is 1.63. The highest BCUT2D eigenvalue weighted by atomic mass is 32.1. The Balaban J connectivity index is 1.52. The number of fused-ring (bicyclic) bond motifs is 1. The van der Waals surface area contributed by atoms with Gasteiger partial charge in [-0.05, 0) is 60.9 Å². The number of carbonyl (C=O) groups is 2. The summed E-state index contributed by atoms with van der Waals surface area (Å²) in [6.07, 6.45) is 4.94. The Hall–Kier alpha value is -2.92. The van der Waals surface area contributed by atoms with E-state index >= 15 is 0 Å². The highest BCUT2D eigenvalue weighted by Crippen LogP contribution is 2.38. The molecule has 2 amide bonds. The number of anilines is 1. The number of rotatable bonds is 5. The second-order valence-corrected chi connectivity index (χ2v) is 8.41. The lowest BCUT2D eigenvalue weighted by Crippen LogP contribution is -2.22. The first kappa shape index (κ1) is 19.4. The number of amides is 2. The van der Waals surface area contributed by atoms with Crippen molar-refractivity contribution in [2.24, 2.45) is 0 Å². The maximum atomic E-state index is 12.8. The zero-order valence-corrected chi connectivity index (χ0v) is 17.3. The molecular formula is C24H24N2O2S. The Kier molecular flexibility index (Phi) is 5.76. The summed E-state index contributed by atoms with van der Waals surface area (Å²) < 4.78 is 0. The number of thiophene rings is 1. The Morgan fingerprint density at radius 3 is 2.31 bits per heavy atom. The van der Waals surface area contributed by atoms with Crippen molar-refractivity contribution in [1.29, 1.82) is 0 Å². The van der Waals surface area contributed by atoms with Crippen LogP contribution in [0.3, 0.4) is 0 Å². The van der Waals surface area contributed by atoms with E-state index in [4.69, 9.17) is 0 Å². The molecule has 0 bridgehead atoms. The van der Waals surface area contributed by atoms with Gasteiger partial charge in [0, 0.05) is 17.5 Å². The van der Waals surface area contributed by atoms with Gasteiger partial charge in [-0.1, -0.05) is 42.5 Å². The van der Waals surface area contributed by atoms with E-state index < -0.39 is 0 Å². The highest BCUT2D eigenvalue weighted by molar-refractivity contribution is 7.17. The fourth-order valence-corrected chi connectivity index (χ4v) is 5.08. The van der Waals surface area contributed by atoms with Gasteiger partial charge < -0.3 is 10.6 Å². The third kappa shape index (κ3) is 4.25. The van der Waals surface area contributed by atoms with Gasteiger partial charge in [-0.25, -0.2) is 0 Å². The molecule has 4 rings (SSSR count). The molecule has 0 saturated carbocycles. The van der Waals surface area contributed by atoms with E-state index in [1.807, 2.05) is 42.5 Å². The molecular weight excluding hydrogens is 380 g/mol. The molecule has 0 aliphatic heterocycles. The molecule has 2 N–H and O–H groups in total. The lowest BCUT2D eigenvalue weighted by molar-refractivity contribution is 0.0963. The van der Waals surface area contributed by atoms with Crippen LogP contribution in [-0.4, -0.2) is 18.9 Å². The quantitative estimate of drug-likeness (QED) is 0.640. The second kappa shape index (κ2) is 8.62. The fourth-order valence-electron chi connectivity index (χ4n) is 3.80. The summed E-state index contributed by atoms with van der Waals surface area (Å²) >= 11 is 1.54. The third-order valence-electron chi connectivity index (χ3n) is 5.32. The fraction of sp³-hybridized carbons (Fsp3) is 0.250. The van der Waals surface area contributed by atoms with Gasteiger partial charge in [-0.3, -0.25) is 9.59 Å². The average molecular weight is 405 g/mol. The normalized spacial score (nSPS) is 12.9. The predicted octanol–water partition coefficient (Wildman–Crippen LogP) is 4.83. The van der Waals surface area contributed by atoms with Gasteiger partial charge in [-0.15, -0.1) is 11.3 Å². The van der Waals surface area contributed by atoms with Crippen molar-refractivity contribution in [2.45, 2.75) is 32.1 Å². The van der Waals surface area contributed by atoms with Crippen molar-refractivity contribution in [3.05, 3.63) is 87.3 Å². The lowest BCUT2D eigenvalue weighted by atomic mass is 9.95. The van der Waals surface area contributed by atoms with Crippen molar-refractivity contribution in [3.8, 4) is 0 Å². The van der Waals surface area contributed by atoms with Crippen LogP contribution in [0.4, 0.5) is 5.00 Å². The maximum absolute atomic E-state index is 12.8. The molecule has 4 nitrogen and oxygen atoms in total. The molecule has 0 fully saturated rings. The number of carbonyl (C=O) groups excluding carboxylic acids is 2. The molecule has 1 heterocycles. The zero-order chi connectivity index (χ0) is 20.2. The molecule has 0 spiro atoms. The summed E-state index contributed by atoms with van der Waals surface area (Å²) in [5.41, 5.74) is 4.74. The molecule has 1 aliphatic rings. The lowest BCUT2D eigenvalue weighted by Gasteiger charge is -2.12. The predicted molar refractivity (Wildman–Crippen MR) is 118 cm³/mol. The van der Waals surface area contributed by atoms with E-state index in [-0.39, 0.29) is 11.8 Å². The van der Waals surface area contributed by atoms with Gasteiger partial charge in [0.25, 0.3) is 11.8 Å². The van der Waals surface area contributed by atoms with E-state index in [0.717, 1.165) is 43.2 Å². The summed E-state index contributed by atoms with van der Waals surface area (Å²) in [6, 6.07) is 17.9. The number of aryl methyl sites for hydroxylation is 1. The van der Waals surface area contributed by atoms with Gasteiger partial charge in [0.1, 0.15) is 5.00 Å². The number of hydrogen-bond acceptors (Lipinski definition) is 3. The van der Waals surface area contributed by atoms with Crippen molar-refractivity contribution in [3.63, 3.8) is 0 Å². The van der Waals surface area contributed by atoms with Crippen molar-refractivity contribution < 1.29 is 9.59 Å². The molecule has 1 aliphatic carbocycles. The van der Waals surface area contributed by atoms with E-state index in [9.17, 15) is 9.59 Å². The Morgan fingerprint density at radius 2 is 1.59 bits per heavy atom. The average Bonchev–Trinajstić information content (AvgIpc) is 3.12. The first-order chi connectivity index (χ1) is 14.2. The van der Waals surface area contributed by atoms with Crippen LogP contribution in [0.25, 0.3) is 0 Å². The van der Waals surface area contributed by atoms with Crippen LogP contribution in [0.1, 0.15) is 55.1 Å².